The van der Waals surface area contributed by atoms with E-state index in [-0.39, 0.29) is 35.6 Å². The lowest BCUT2D eigenvalue weighted by Gasteiger charge is -2.26. The second-order valence-electron chi connectivity index (χ2n) is 11.2. The Hall–Kier alpha value is -2.70. The zero-order valence-electron chi connectivity index (χ0n) is 22.1. The number of hydrogen-bond acceptors (Lipinski definition) is 6. The number of carbonyl (C=O) groups is 2. The van der Waals surface area contributed by atoms with E-state index in [4.69, 9.17) is 9.47 Å². The summed E-state index contributed by atoms with van der Waals surface area (Å²) in [6.45, 7) is 7.97. The van der Waals surface area contributed by atoms with Gasteiger partial charge in [0.2, 0.25) is 0 Å². The molecule has 0 heterocycles. The molecule has 2 rings (SSSR count). The Labute approximate surface area is 215 Å². The standard InChI is InChI=1S/C30H42O6/c1-29(2,21-27(33)35-25-11-7-5-8-12-25)19-17-23(31)15-16-24(32)18-20-30(3,4)22-28(34)36-26-13-9-6-10-14-26/h5-14,23-24,31-32H,15-22H2,1-4H3. The van der Waals surface area contributed by atoms with Crippen LogP contribution in [-0.2, 0) is 9.59 Å². The van der Waals surface area contributed by atoms with Crippen LogP contribution in [0.3, 0.4) is 0 Å². The van der Waals surface area contributed by atoms with Gasteiger partial charge < -0.3 is 19.7 Å². The number of hydrogen-bond donors (Lipinski definition) is 2. The molecule has 0 aliphatic carbocycles. The molecule has 6 heteroatoms. The van der Waals surface area contributed by atoms with Gasteiger partial charge in [-0.3, -0.25) is 9.59 Å². The zero-order valence-corrected chi connectivity index (χ0v) is 22.1. The van der Waals surface area contributed by atoms with Gasteiger partial charge in [-0.2, -0.15) is 0 Å². The van der Waals surface area contributed by atoms with Gasteiger partial charge in [-0.15, -0.1) is 0 Å². The normalized spacial score (nSPS) is 13.6. The van der Waals surface area contributed by atoms with Crippen molar-refractivity contribution in [3.63, 3.8) is 0 Å². The van der Waals surface area contributed by atoms with E-state index >= 15 is 0 Å². The molecule has 0 aromatic heterocycles. The van der Waals surface area contributed by atoms with Gasteiger partial charge in [0, 0.05) is 0 Å². The molecular weight excluding hydrogens is 456 g/mol. The van der Waals surface area contributed by atoms with E-state index in [2.05, 4.69) is 0 Å². The first kappa shape index (κ1) is 29.5. The van der Waals surface area contributed by atoms with Crippen LogP contribution < -0.4 is 9.47 Å². The third-order valence-corrected chi connectivity index (χ3v) is 6.34. The highest BCUT2D eigenvalue weighted by Gasteiger charge is 2.26. The van der Waals surface area contributed by atoms with Gasteiger partial charge in [-0.05, 0) is 73.6 Å². The van der Waals surface area contributed by atoms with Crippen molar-refractivity contribution in [1.29, 1.82) is 0 Å². The quantitative estimate of drug-likeness (QED) is 0.228. The van der Waals surface area contributed by atoms with Crippen LogP contribution in [0.1, 0.15) is 79.1 Å². The van der Waals surface area contributed by atoms with Crippen LogP contribution >= 0.6 is 0 Å². The molecule has 0 aliphatic rings. The number of ether oxygens (including phenoxy) is 2. The maximum atomic E-state index is 12.3. The molecule has 0 fully saturated rings. The Morgan fingerprint density at radius 3 is 1.31 bits per heavy atom. The van der Waals surface area contributed by atoms with E-state index in [1.165, 1.54) is 0 Å². The van der Waals surface area contributed by atoms with Crippen LogP contribution in [0, 0.1) is 10.8 Å². The van der Waals surface area contributed by atoms with Crippen LogP contribution in [0.25, 0.3) is 0 Å². The van der Waals surface area contributed by atoms with E-state index in [0.29, 0.717) is 50.0 Å². The van der Waals surface area contributed by atoms with Crippen molar-refractivity contribution < 1.29 is 29.3 Å². The minimum atomic E-state index is -0.544. The monoisotopic (exact) mass is 498 g/mol. The van der Waals surface area contributed by atoms with Crippen LogP contribution in [0.15, 0.2) is 60.7 Å². The molecule has 0 aliphatic heterocycles. The smallest absolute Gasteiger partial charge is 0.311 e. The number of para-hydroxylation sites is 2. The summed E-state index contributed by atoms with van der Waals surface area (Å²) in [6.07, 6.45) is 2.86. The number of aliphatic hydroxyl groups excluding tert-OH is 2. The molecule has 36 heavy (non-hydrogen) atoms. The predicted molar refractivity (Wildman–Crippen MR) is 141 cm³/mol. The Morgan fingerprint density at radius 1 is 0.639 bits per heavy atom. The number of rotatable bonds is 15. The van der Waals surface area contributed by atoms with Crippen molar-refractivity contribution in [1.82, 2.24) is 0 Å². The largest absolute Gasteiger partial charge is 0.427 e. The second kappa shape index (κ2) is 14.1. The van der Waals surface area contributed by atoms with E-state index < -0.39 is 12.2 Å². The van der Waals surface area contributed by atoms with Crippen LogP contribution in [-0.4, -0.2) is 34.4 Å². The predicted octanol–water partition coefficient (Wildman–Crippen LogP) is 6.09. The minimum Gasteiger partial charge on any atom is -0.427 e. The van der Waals surface area contributed by atoms with Crippen molar-refractivity contribution in [3.05, 3.63) is 60.7 Å². The van der Waals surface area contributed by atoms with Crippen molar-refractivity contribution in [2.24, 2.45) is 10.8 Å². The molecule has 2 aromatic rings. The molecule has 0 radical (unpaired) electrons. The fraction of sp³-hybridized carbons (Fsp3) is 0.533. The van der Waals surface area contributed by atoms with Crippen molar-refractivity contribution >= 4 is 11.9 Å². The Kier molecular flexibility index (Phi) is 11.6. The Balaban J connectivity index is 1.64. The molecule has 2 atom stereocenters. The number of esters is 2. The third-order valence-electron chi connectivity index (χ3n) is 6.34. The number of benzene rings is 2. The minimum absolute atomic E-state index is 0.263. The van der Waals surface area contributed by atoms with Crippen molar-refractivity contribution in [3.8, 4) is 11.5 Å². The van der Waals surface area contributed by atoms with Gasteiger partial charge in [-0.25, -0.2) is 0 Å². The lowest BCUT2D eigenvalue weighted by molar-refractivity contribution is -0.137. The highest BCUT2D eigenvalue weighted by Crippen LogP contribution is 2.31. The maximum absolute atomic E-state index is 12.3. The molecule has 198 valence electrons. The summed E-state index contributed by atoms with van der Waals surface area (Å²) in [5.41, 5.74) is -0.603. The lowest BCUT2D eigenvalue weighted by atomic mass is 9.82. The van der Waals surface area contributed by atoms with E-state index in [1.807, 2.05) is 64.1 Å². The summed E-state index contributed by atoms with van der Waals surface area (Å²) in [6, 6.07) is 18.0. The van der Waals surface area contributed by atoms with Gasteiger partial charge in [-0.1, -0.05) is 64.1 Å². The molecule has 2 aromatic carbocycles. The first-order valence-corrected chi connectivity index (χ1v) is 12.8. The zero-order chi connectivity index (χ0) is 26.6. The highest BCUT2D eigenvalue weighted by molar-refractivity contribution is 5.73. The summed E-state index contributed by atoms with van der Waals surface area (Å²) < 4.78 is 10.8. The summed E-state index contributed by atoms with van der Waals surface area (Å²) in [5.74, 6) is 0.491. The van der Waals surface area contributed by atoms with E-state index in [9.17, 15) is 19.8 Å². The average Bonchev–Trinajstić information content (AvgIpc) is 2.80. The molecule has 0 saturated carbocycles. The lowest BCUT2D eigenvalue weighted by Crippen LogP contribution is -2.24. The Morgan fingerprint density at radius 2 is 0.972 bits per heavy atom. The summed E-state index contributed by atoms with van der Waals surface area (Å²) >= 11 is 0. The SMILES string of the molecule is CC(C)(CCC(O)CCC(O)CCC(C)(C)CC(=O)Oc1ccccc1)CC(=O)Oc1ccccc1. The molecule has 2 N–H and O–H groups in total. The summed E-state index contributed by atoms with van der Waals surface area (Å²) in [4.78, 5) is 24.5. The molecule has 0 bridgehead atoms. The number of carbonyl (C=O) groups excluding carboxylic acids is 2. The second-order valence-corrected chi connectivity index (χ2v) is 11.2. The van der Waals surface area contributed by atoms with Crippen molar-refractivity contribution in [2.45, 2.75) is 91.3 Å². The first-order chi connectivity index (χ1) is 16.9. The molecule has 0 amide bonds. The van der Waals surface area contributed by atoms with Crippen molar-refractivity contribution in [2.75, 3.05) is 0 Å². The third kappa shape index (κ3) is 12.3. The van der Waals surface area contributed by atoms with Gasteiger partial charge >= 0.3 is 11.9 Å². The van der Waals surface area contributed by atoms with Crippen LogP contribution in [0.5, 0.6) is 11.5 Å². The average molecular weight is 499 g/mol. The van der Waals surface area contributed by atoms with Gasteiger partial charge in [0.1, 0.15) is 11.5 Å². The van der Waals surface area contributed by atoms with Crippen LogP contribution in [0.4, 0.5) is 0 Å². The van der Waals surface area contributed by atoms with E-state index in [0.717, 1.165) is 0 Å². The highest BCUT2D eigenvalue weighted by atomic mass is 16.5. The van der Waals surface area contributed by atoms with Gasteiger partial charge in [0.05, 0.1) is 25.0 Å². The van der Waals surface area contributed by atoms with Gasteiger partial charge in [0.25, 0.3) is 0 Å². The first-order valence-electron chi connectivity index (χ1n) is 12.8. The molecule has 0 spiro atoms. The topological polar surface area (TPSA) is 93.1 Å². The summed E-state index contributed by atoms with van der Waals surface area (Å²) in [7, 11) is 0. The Bertz CT molecular complexity index is 845. The maximum Gasteiger partial charge on any atom is 0.311 e. The summed E-state index contributed by atoms with van der Waals surface area (Å²) in [5, 5.41) is 20.9. The van der Waals surface area contributed by atoms with Crippen LogP contribution in [0.2, 0.25) is 0 Å². The fourth-order valence-corrected chi connectivity index (χ4v) is 4.06. The molecule has 6 nitrogen and oxygen atoms in total. The van der Waals surface area contributed by atoms with E-state index in [1.54, 1.807) is 24.3 Å². The molecular formula is C30H42O6. The number of aliphatic hydroxyl groups is 2. The molecule has 0 saturated heterocycles. The molecule has 2 unspecified atom stereocenters. The fourth-order valence-electron chi connectivity index (χ4n) is 4.06. The van der Waals surface area contributed by atoms with Gasteiger partial charge in [0.15, 0.2) is 0 Å².